The van der Waals surface area contributed by atoms with Gasteiger partial charge in [0.2, 0.25) is 0 Å². The number of hydrogen-bond donors (Lipinski definition) is 3. The van der Waals surface area contributed by atoms with E-state index in [-0.39, 0.29) is 36.2 Å². The van der Waals surface area contributed by atoms with E-state index in [0.717, 1.165) is 0 Å². The number of methoxy groups -OCH3 is 1. The lowest BCUT2D eigenvalue weighted by Crippen LogP contribution is -2.19. The molecule has 0 fully saturated rings. The van der Waals surface area contributed by atoms with Crippen molar-refractivity contribution >= 4 is 18.4 Å². The minimum absolute atomic E-state index is 0. The molecule has 0 unspecified atom stereocenters. The van der Waals surface area contributed by atoms with Gasteiger partial charge in [-0.1, -0.05) is 6.07 Å². The van der Waals surface area contributed by atoms with Gasteiger partial charge in [0.15, 0.2) is 11.5 Å². The van der Waals surface area contributed by atoms with Crippen molar-refractivity contribution in [2.75, 3.05) is 13.7 Å². The van der Waals surface area contributed by atoms with Crippen LogP contribution in [0.5, 0.6) is 23.0 Å². The van der Waals surface area contributed by atoms with Crippen LogP contribution in [-0.4, -0.2) is 29.8 Å². The summed E-state index contributed by atoms with van der Waals surface area (Å²) in [6.07, 6.45) is 0. The van der Waals surface area contributed by atoms with Crippen LogP contribution in [0.15, 0.2) is 36.4 Å². The molecule has 0 bridgehead atoms. The SMILES string of the molecule is COc1cc(OC(=O)CN)cc(-c2ccc(O)c(O)c2)c1.Cl. The molecule has 0 spiro atoms. The van der Waals surface area contributed by atoms with E-state index >= 15 is 0 Å². The molecule has 7 heteroatoms. The minimum Gasteiger partial charge on any atom is -0.504 e. The molecule has 0 amide bonds. The Bertz CT molecular complexity index is 675. The van der Waals surface area contributed by atoms with Crippen LogP contribution >= 0.6 is 12.4 Å². The predicted molar refractivity (Wildman–Crippen MR) is 83.7 cm³/mol. The summed E-state index contributed by atoms with van der Waals surface area (Å²) >= 11 is 0. The van der Waals surface area contributed by atoms with Crippen molar-refractivity contribution in [1.82, 2.24) is 0 Å². The minimum atomic E-state index is -0.567. The largest absolute Gasteiger partial charge is 0.504 e. The van der Waals surface area contributed by atoms with Crippen molar-refractivity contribution in [3.63, 3.8) is 0 Å². The Hall–Kier alpha value is -2.44. The first-order chi connectivity index (χ1) is 10.0. The zero-order valence-corrected chi connectivity index (χ0v) is 12.6. The van der Waals surface area contributed by atoms with Crippen molar-refractivity contribution in [3.8, 4) is 34.1 Å². The Morgan fingerprint density at radius 3 is 2.32 bits per heavy atom. The van der Waals surface area contributed by atoms with E-state index in [1.165, 1.54) is 19.2 Å². The first kappa shape index (κ1) is 17.6. The number of halogens is 1. The van der Waals surface area contributed by atoms with E-state index in [9.17, 15) is 15.0 Å². The second kappa shape index (κ2) is 7.53. The van der Waals surface area contributed by atoms with Gasteiger partial charge >= 0.3 is 5.97 Å². The lowest BCUT2D eigenvalue weighted by molar-refractivity contribution is -0.132. The van der Waals surface area contributed by atoms with E-state index in [0.29, 0.717) is 16.9 Å². The highest BCUT2D eigenvalue weighted by Crippen LogP contribution is 2.34. The quantitative estimate of drug-likeness (QED) is 0.452. The Balaban J connectivity index is 0.00000242. The maximum absolute atomic E-state index is 11.3. The van der Waals surface area contributed by atoms with Crippen LogP contribution in [0.3, 0.4) is 0 Å². The van der Waals surface area contributed by atoms with Crippen molar-refractivity contribution in [2.24, 2.45) is 5.73 Å². The normalized spacial score (nSPS) is 9.73. The summed E-state index contributed by atoms with van der Waals surface area (Å²) in [5.41, 5.74) is 6.50. The molecular weight excluding hydrogens is 310 g/mol. The first-order valence-corrected chi connectivity index (χ1v) is 6.15. The standard InChI is InChI=1S/C15H15NO5.ClH/c1-20-11-4-10(5-12(7-11)21-15(19)8-16)9-2-3-13(17)14(18)6-9;/h2-7,17-18H,8,16H2,1H3;1H. The van der Waals surface area contributed by atoms with E-state index < -0.39 is 5.97 Å². The average molecular weight is 326 g/mol. The zero-order chi connectivity index (χ0) is 15.4. The number of phenols is 2. The molecule has 22 heavy (non-hydrogen) atoms. The number of nitrogens with two attached hydrogens (primary N) is 1. The van der Waals surface area contributed by atoms with Gasteiger partial charge in [-0.2, -0.15) is 0 Å². The molecule has 118 valence electrons. The smallest absolute Gasteiger partial charge is 0.325 e. The van der Waals surface area contributed by atoms with Crippen molar-refractivity contribution < 1.29 is 24.5 Å². The third kappa shape index (κ3) is 4.03. The fraction of sp³-hybridized carbons (Fsp3) is 0.133. The van der Waals surface area contributed by atoms with Crippen LogP contribution in [0.1, 0.15) is 0 Å². The van der Waals surface area contributed by atoms with Gasteiger partial charge in [-0.25, -0.2) is 0 Å². The van der Waals surface area contributed by atoms with Crippen molar-refractivity contribution in [1.29, 1.82) is 0 Å². The van der Waals surface area contributed by atoms with E-state index in [1.54, 1.807) is 24.3 Å². The highest BCUT2D eigenvalue weighted by Gasteiger charge is 2.09. The molecule has 0 aromatic heterocycles. The fourth-order valence-electron chi connectivity index (χ4n) is 1.79. The summed E-state index contributed by atoms with van der Waals surface area (Å²) in [6.45, 7) is -0.230. The van der Waals surface area contributed by atoms with E-state index in [2.05, 4.69) is 0 Å². The van der Waals surface area contributed by atoms with Crippen LogP contribution in [0.2, 0.25) is 0 Å². The molecule has 2 aromatic rings. The number of phenolic OH excluding ortho intramolecular Hbond substituents is 2. The molecule has 4 N–H and O–H groups in total. The van der Waals surface area contributed by atoms with Gasteiger partial charge in [-0.15, -0.1) is 12.4 Å². The summed E-state index contributed by atoms with van der Waals surface area (Å²) in [6, 6.07) is 9.28. The average Bonchev–Trinajstić information content (AvgIpc) is 2.49. The molecule has 0 saturated heterocycles. The summed E-state index contributed by atoms with van der Waals surface area (Å²) < 4.78 is 10.2. The Morgan fingerprint density at radius 1 is 1.05 bits per heavy atom. The lowest BCUT2D eigenvalue weighted by atomic mass is 10.0. The summed E-state index contributed by atoms with van der Waals surface area (Å²) in [5, 5.41) is 18.9. The van der Waals surface area contributed by atoms with Crippen LogP contribution < -0.4 is 15.2 Å². The highest BCUT2D eigenvalue weighted by atomic mass is 35.5. The molecule has 2 rings (SSSR count). The van der Waals surface area contributed by atoms with Crippen LogP contribution in [0, 0.1) is 0 Å². The number of aromatic hydroxyl groups is 2. The predicted octanol–water partition coefficient (Wildman–Crippen LogP) is 2.06. The molecule has 0 aliphatic carbocycles. The summed E-state index contributed by atoms with van der Waals surface area (Å²) in [7, 11) is 1.49. The number of carbonyl (C=O) groups is 1. The van der Waals surface area contributed by atoms with Gasteiger partial charge in [0.25, 0.3) is 0 Å². The third-order valence-electron chi connectivity index (χ3n) is 2.82. The number of carbonyl (C=O) groups excluding carboxylic acids is 1. The molecular formula is C15H16ClNO5. The monoisotopic (exact) mass is 325 g/mol. The first-order valence-electron chi connectivity index (χ1n) is 6.15. The lowest BCUT2D eigenvalue weighted by Gasteiger charge is -2.10. The molecule has 6 nitrogen and oxygen atoms in total. The maximum Gasteiger partial charge on any atom is 0.325 e. The molecule has 0 heterocycles. The van der Waals surface area contributed by atoms with Gasteiger partial charge in [-0.05, 0) is 35.4 Å². The van der Waals surface area contributed by atoms with Gasteiger partial charge in [0.1, 0.15) is 11.5 Å². The molecule has 0 aliphatic heterocycles. The second-order valence-electron chi connectivity index (χ2n) is 4.28. The topological polar surface area (TPSA) is 102 Å². The van der Waals surface area contributed by atoms with Crippen LogP contribution in [0.25, 0.3) is 11.1 Å². The Labute approximate surface area is 133 Å². The second-order valence-corrected chi connectivity index (χ2v) is 4.28. The van der Waals surface area contributed by atoms with E-state index in [1.807, 2.05) is 0 Å². The number of esters is 1. The zero-order valence-electron chi connectivity index (χ0n) is 11.8. The molecule has 0 radical (unpaired) electrons. The molecule has 2 aromatic carbocycles. The van der Waals surface area contributed by atoms with Gasteiger partial charge in [-0.3, -0.25) is 4.79 Å². The highest BCUT2D eigenvalue weighted by molar-refractivity contribution is 5.85. The summed E-state index contributed by atoms with van der Waals surface area (Å²) in [5.74, 6) is -0.248. The van der Waals surface area contributed by atoms with Crippen LogP contribution in [0.4, 0.5) is 0 Å². The Kier molecular flexibility index (Phi) is 6.03. The Morgan fingerprint density at radius 2 is 1.73 bits per heavy atom. The molecule has 0 aliphatic rings. The number of ether oxygens (including phenoxy) is 2. The van der Waals surface area contributed by atoms with Gasteiger partial charge < -0.3 is 25.4 Å². The number of benzene rings is 2. The summed E-state index contributed by atoms with van der Waals surface area (Å²) in [4.78, 5) is 11.3. The van der Waals surface area contributed by atoms with Gasteiger partial charge in [0.05, 0.1) is 13.7 Å². The number of hydrogen-bond acceptors (Lipinski definition) is 6. The molecule has 0 atom stereocenters. The van der Waals surface area contributed by atoms with Crippen molar-refractivity contribution in [2.45, 2.75) is 0 Å². The van der Waals surface area contributed by atoms with Crippen LogP contribution in [-0.2, 0) is 4.79 Å². The number of rotatable bonds is 4. The van der Waals surface area contributed by atoms with Crippen molar-refractivity contribution in [3.05, 3.63) is 36.4 Å². The molecule has 0 saturated carbocycles. The van der Waals surface area contributed by atoms with Gasteiger partial charge in [0, 0.05) is 6.07 Å². The fourth-order valence-corrected chi connectivity index (χ4v) is 1.79. The maximum atomic E-state index is 11.3. The van der Waals surface area contributed by atoms with E-state index in [4.69, 9.17) is 15.2 Å². The third-order valence-corrected chi connectivity index (χ3v) is 2.82.